The van der Waals surface area contributed by atoms with Gasteiger partial charge in [-0.05, 0) is 59.0 Å². The summed E-state index contributed by atoms with van der Waals surface area (Å²) >= 11 is 0.671. The van der Waals surface area contributed by atoms with E-state index in [2.05, 4.69) is 4.98 Å². The molecule has 0 aliphatic heterocycles. The number of hydrogen-bond donors (Lipinski definition) is 2. The molecule has 2 N–H and O–H groups in total. The Morgan fingerprint density at radius 2 is 1.44 bits per heavy atom. The average molecular weight is 781 g/mol. The maximum absolute atomic E-state index is 15.2. The summed E-state index contributed by atoms with van der Waals surface area (Å²) in [6.07, 6.45) is -19.7. The fourth-order valence-corrected chi connectivity index (χ4v) is 4.41. The molecule has 0 spiro atoms. The van der Waals surface area contributed by atoms with Gasteiger partial charge in [-0.3, -0.25) is 14.8 Å². The molecule has 3 aromatic rings. The van der Waals surface area contributed by atoms with Crippen LogP contribution in [0.15, 0.2) is 48.7 Å². The first-order chi connectivity index (χ1) is 20.4. The lowest BCUT2D eigenvalue weighted by molar-refractivity contribution is -0.389. The molecule has 0 aliphatic rings. The lowest BCUT2D eigenvalue weighted by Gasteiger charge is -2.36. The molecule has 45 heavy (non-hydrogen) atoms. The van der Waals surface area contributed by atoms with Gasteiger partial charge in [0.1, 0.15) is 5.69 Å². The van der Waals surface area contributed by atoms with Crippen LogP contribution in [-0.2, 0) is 11.8 Å². The molecular formula is C24H10F14IN3O3. The molecule has 1 atom stereocenters. The van der Waals surface area contributed by atoms with E-state index >= 15 is 4.39 Å². The molecule has 1 heterocycles. The van der Waals surface area contributed by atoms with Gasteiger partial charge in [-0.15, -0.1) is 0 Å². The molecule has 1 aromatic heterocycles. The molecule has 6 nitrogen and oxygen atoms in total. The second-order valence-corrected chi connectivity index (χ2v) is 9.85. The predicted octanol–water partition coefficient (Wildman–Crippen LogP) is 8.20. The van der Waals surface area contributed by atoms with Crippen LogP contribution in [0.5, 0.6) is 0 Å². The highest BCUT2D eigenvalue weighted by Gasteiger charge is 2.82. The van der Waals surface area contributed by atoms with Crippen molar-refractivity contribution in [3.8, 4) is 0 Å². The highest BCUT2D eigenvalue weighted by molar-refractivity contribution is 14.1. The number of benzene rings is 2. The molecule has 0 radical (unpaired) electrons. The number of alkyl halides is 12. The van der Waals surface area contributed by atoms with Crippen LogP contribution < -0.4 is 10.4 Å². The number of halogens is 15. The first-order valence-electron chi connectivity index (χ1n) is 11.2. The SMILES string of the molecule is O=C(Nc1c(I)cc(C(F)(C(F)(F)F)C(F)(F)C(F)(F)F)cc1C(F)(F)F)c1cccc(N(O)C(=O)c2ccc(F)nc2)c1F. The average Bonchev–Trinajstić information content (AvgIpc) is 2.91. The number of hydrogen-bond acceptors (Lipinski definition) is 4. The molecule has 3 rings (SSSR count). The first kappa shape index (κ1) is 35.7. The van der Waals surface area contributed by atoms with Crippen molar-refractivity contribution in [1.82, 2.24) is 4.98 Å². The monoisotopic (exact) mass is 781 g/mol. The maximum atomic E-state index is 15.2. The van der Waals surface area contributed by atoms with Crippen LogP contribution in [-0.4, -0.2) is 40.3 Å². The number of hydroxylamine groups is 1. The van der Waals surface area contributed by atoms with Gasteiger partial charge in [-0.2, -0.15) is 57.7 Å². The largest absolute Gasteiger partial charge is 0.457 e. The van der Waals surface area contributed by atoms with Gasteiger partial charge >= 0.3 is 30.1 Å². The summed E-state index contributed by atoms with van der Waals surface area (Å²) in [5.41, 5.74) is -16.6. The van der Waals surface area contributed by atoms with Crippen LogP contribution >= 0.6 is 22.6 Å². The normalized spacial score (nSPS) is 14.1. The minimum absolute atomic E-state index is 0.403. The van der Waals surface area contributed by atoms with Crippen molar-refractivity contribution < 1.29 is 76.3 Å². The molecule has 2 amide bonds. The van der Waals surface area contributed by atoms with E-state index < -0.39 is 108 Å². The van der Waals surface area contributed by atoms with Crippen LogP contribution in [0.3, 0.4) is 0 Å². The van der Waals surface area contributed by atoms with Crippen LogP contribution in [0.1, 0.15) is 31.8 Å². The third-order valence-corrected chi connectivity index (χ3v) is 6.68. The fraction of sp³-hybridized carbons (Fsp3) is 0.208. The fourth-order valence-electron chi connectivity index (χ4n) is 3.65. The zero-order chi connectivity index (χ0) is 34.5. The first-order valence-corrected chi connectivity index (χ1v) is 12.3. The lowest BCUT2D eigenvalue weighted by Crippen LogP contribution is -2.59. The predicted molar refractivity (Wildman–Crippen MR) is 131 cm³/mol. The van der Waals surface area contributed by atoms with Crippen molar-refractivity contribution in [1.29, 1.82) is 0 Å². The Labute approximate surface area is 253 Å². The minimum atomic E-state index is -7.31. The molecule has 2 aromatic carbocycles. The third kappa shape index (κ3) is 6.49. The third-order valence-electron chi connectivity index (χ3n) is 5.83. The molecule has 0 saturated carbocycles. The van der Waals surface area contributed by atoms with E-state index in [0.717, 1.165) is 12.1 Å². The van der Waals surface area contributed by atoms with E-state index in [1.807, 2.05) is 0 Å². The second-order valence-electron chi connectivity index (χ2n) is 8.69. The van der Waals surface area contributed by atoms with Gasteiger partial charge in [0.05, 0.1) is 22.4 Å². The van der Waals surface area contributed by atoms with Crippen molar-refractivity contribution in [2.24, 2.45) is 0 Å². The number of nitrogens with zero attached hydrogens (tertiary/aromatic N) is 2. The number of amides is 2. The lowest BCUT2D eigenvalue weighted by atomic mass is 9.86. The Kier molecular flexibility index (Phi) is 9.42. The zero-order valence-corrected chi connectivity index (χ0v) is 23.1. The van der Waals surface area contributed by atoms with Gasteiger partial charge in [-0.25, -0.2) is 13.8 Å². The van der Waals surface area contributed by atoms with Crippen LogP contribution in [0, 0.1) is 15.3 Å². The molecule has 21 heteroatoms. The van der Waals surface area contributed by atoms with Crippen molar-refractivity contribution in [2.45, 2.75) is 30.1 Å². The van der Waals surface area contributed by atoms with Crippen molar-refractivity contribution in [2.75, 3.05) is 10.4 Å². The summed E-state index contributed by atoms with van der Waals surface area (Å²) < 4.78 is 190. The number of nitrogens with one attached hydrogen (secondary N) is 1. The van der Waals surface area contributed by atoms with Gasteiger partial charge in [0.25, 0.3) is 11.8 Å². The summed E-state index contributed by atoms with van der Waals surface area (Å²) in [6, 6.07) is 2.03. The smallest absolute Gasteiger partial charge is 0.320 e. The highest BCUT2D eigenvalue weighted by Crippen LogP contribution is 2.59. The summed E-state index contributed by atoms with van der Waals surface area (Å²) in [4.78, 5) is 28.3. The molecule has 0 bridgehead atoms. The molecule has 1 unspecified atom stereocenters. The number of carbonyl (C=O) groups excluding carboxylic acids is 2. The summed E-state index contributed by atoms with van der Waals surface area (Å²) in [6.45, 7) is 0. The quantitative estimate of drug-likeness (QED) is 0.0870. The van der Waals surface area contributed by atoms with E-state index in [1.54, 1.807) is 0 Å². The molecule has 0 fully saturated rings. The van der Waals surface area contributed by atoms with Crippen LogP contribution in [0.4, 0.5) is 72.8 Å². The van der Waals surface area contributed by atoms with Gasteiger partial charge in [0, 0.05) is 15.3 Å². The van der Waals surface area contributed by atoms with Crippen LogP contribution in [0.2, 0.25) is 0 Å². The Balaban J connectivity index is 2.12. The Morgan fingerprint density at radius 1 is 0.844 bits per heavy atom. The van der Waals surface area contributed by atoms with Gasteiger partial charge in [0.15, 0.2) is 5.82 Å². The number of rotatable bonds is 6. The number of aromatic nitrogens is 1. The molecule has 244 valence electrons. The van der Waals surface area contributed by atoms with E-state index in [4.69, 9.17) is 0 Å². The Bertz CT molecular complexity index is 1620. The van der Waals surface area contributed by atoms with Gasteiger partial charge < -0.3 is 5.32 Å². The van der Waals surface area contributed by atoms with Gasteiger partial charge in [-0.1, -0.05) is 6.07 Å². The number of pyridine rings is 1. The van der Waals surface area contributed by atoms with Crippen molar-refractivity contribution in [3.63, 3.8) is 0 Å². The standard InChI is InChI=1S/C24H10F14IN3O3/c25-15-5-4-9(8-40-15)19(44)42(45)14-3-1-2-11(16(14)26)18(43)41-17-12(21(28,29)30)6-10(7-13(17)39)20(27,23(33,34)35)22(31,32)24(36,37)38/h1-8,45H,(H,41,43). The highest BCUT2D eigenvalue weighted by atomic mass is 127. The molecular weight excluding hydrogens is 771 g/mol. The van der Waals surface area contributed by atoms with Crippen molar-refractivity contribution >= 4 is 45.8 Å². The molecule has 0 aliphatic carbocycles. The van der Waals surface area contributed by atoms with E-state index in [-0.39, 0.29) is 0 Å². The van der Waals surface area contributed by atoms with Crippen molar-refractivity contribution in [3.05, 3.63) is 86.3 Å². The maximum Gasteiger partial charge on any atom is 0.457 e. The summed E-state index contributed by atoms with van der Waals surface area (Å²) in [7, 11) is 0. The van der Waals surface area contributed by atoms with E-state index in [1.165, 1.54) is 5.32 Å². The number of carbonyl (C=O) groups is 2. The summed E-state index contributed by atoms with van der Waals surface area (Å²) in [5.74, 6) is -13.5. The Hall–Kier alpha value is -3.76. The van der Waals surface area contributed by atoms with Crippen LogP contribution in [0.25, 0.3) is 0 Å². The van der Waals surface area contributed by atoms with Gasteiger partial charge in [0.2, 0.25) is 5.95 Å². The van der Waals surface area contributed by atoms with E-state index in [9.17, 15) is 71.9 Å². The second kappa shape index (κ2) is 11.9. The molecule has 0 saturated heterocycles. The summed E-state index contributed by atoms with van der Waals surface area (Å²) in [5, 5.41) is 11.2. The Morgan fingerprint density at radius 3 is 1.93 bits per heavy atom. The zero-order valence-electron chi connectivity index (χ0n) is 20.9. The number of anilines is 2. The minimum Gasteiger partial charge on any atom is -0.320 e. The topological polar surface area (TPSA) is 82.5 Å². The van der Waals surface area contributed by atoms with E-state index in [0.29, 0.717) is 47.0 Å².